The summed E-state index contributed by atoms with van der Waals surface area (Å²) >= 11 is 18.6. The Balaban J connectivity index is 1.75. The van der Waals surface area contributed by atoms with Crippen LogP contribution in [-0.2, 0) is 13.2 Å². The van der Waals surface area contributed by atoms with E-state index in [4.69, 9.17) is 44.3 Å². The van der Waals surface area contributed by atoms with E-state index in [1.165, 1.54) is 5.56 Å². The van der Waals surface area contributed by atoms with Crippen LogP contribution in [0, 0.1) is 6.92 Å². The Hall–Kier alpha value is -2.07. The number of hydrogen-bond donors (Lipinski definition) is 1. The van der Waals surface area contributed by atoms with Crippen molar-refractivity contribution in [3.63, 3.8) is 0 Å². The lowest BCUT2D eigenvalue weighted by Crippen LogP contribution is -2.04. The highest BCUT2D eigenvalue weighted by atomic mass is 35.5. The molecule has 0 unspecified atom stereocenters. The van der Waals surface area contributed by atoms with Crippen LogP contribution >= 0.6 is 34.8 Å². The molecule has 3 nitrogen and oxygen atoms in total. The summed E-state index contributed by atoms with van der Waals surface area (Å²) in [7, 11) is 0. The number of anilines is 1. The molecular weight excluding hydrogens is 429 g/mol. The first-order valence-electron chi connectivity index (χ1n) is 9.28. The van der Waals surface area contributed by atoms with Gasteiger partial charge in [0.1, 0.15) is 6.61 Å². The third kappa shape index (κ3) is 5.96. The van der Waals surface area contributed by atoms with Gasteiger partial charge in [0.2, 0.25) is 0 Å². The van der Waals surface area contributed by atoms with Crippen LogP contribution in [0.4, 0.5) is 5.69 Å². The van der Waals surface area contributed by atoms with Crippen molar-refractivity contribution in [3.05, 3.63) is 86.4 Å². The summed E-state index contributed by atoms with van der Waals surface area (Å²) in [6.07, 6.45) is 0. The largest absolute Gasteiger partial charge is 0.490 e. The highest BCUT2D eigenvalue weighted by Gasteiger charge is 2.12. The molecule has 0 aromatic heterocycles. The number of hydrogen-bond acceptors (Lipinski definition) is 3. The number of rotatable bonds is 8. The Morgan fingerprint density at radius 2 is 1.62 bits per heavy atom. The van der Waals surface area contributed by atoms with Gasteiger partial charge in [-0.25, -0.2) is 0 Å². The van der Waals surface area contributed by atoms with Gasteiger partial charge in [-0.15, -0.1) is 0 Å². The Bertz CT molecular complexity index is 992. The highest BCUT2D eigenvalue weighted by Crippen LogP contribution is 2.35. The monoisotopic (exact) mass is 449 g/mol. The lowest BCUT2D eigenvalue weighted by Gasteiger charge is -2.16. The molecule has 29 heavy (non-hydrogen) atoms. The summed E-state index contributed by atoms with van der Waals surface area (Å²) in [5.41, 5.74) is 4.03. The second-order valence-electron chi connectivity index (χ2n) is 6.58. The molecule has 0 heterocycles. The minimum atomic E-state index is 0.443. The van der Waals surface area contributed by atoms with E-state index in [9.17, 15) is 0 Å². The van der Waals surface area contributed by atoms with Gasteiger partial charge in [-0.3, -0.25) is 0 Å². The standard InChI is InChI=1S/C23H22Cl3NO2/c1-3-28-22-10-17(13-27-18-7-8-19(24)21(26)11-18)20(25)12-23(22)29-14-16-6-4-5-15(2)9-16/h4-12,27H,3,13-14H2,1-2H3. The normalized spacial score (nSPS) is 10.7. The van der Waals surface area contributed by atoms with E-state index >= 15 is 0 Å². The van der Waals surface area contributed by atoms with Crippen molar-refractivity contribution in [2.75, 3.05) is 11.9 Å². The average molecular weight is 451 g/mol. The molecule has 1 N–H and O–H groups in total. The van der Waals surface area contributed by atoms with Crippen molar-refractivity contribution >= 4 is 40.5 Å². The zero-order chi connectivity index (χ0) is 20.8. The average Bonchev–Trinajstić information content (AvgIpc) is 2.69. The first-order valence-corrected chi connectivity index (χ1v) is 10.4. The van der Waals surface area contributed by atoms with Crippen molar-refractivity contribution in [2.24, 2.45) is 0 Å². The van der Waals surface area contributed by atoms with Crippen LogP contribution in [-0.4, -0.2) is 6.61 Å². The highest BCUT2D eigenvalue weighted by molar-refractivity contribution is 6.42. The fourth-order valence-electron chi connectivity index (χ4n) is 2.86. The molecule has 0 radical (unpaired) electrons. The second kappa shape index (κ2) is 10.1. The van der Waals surface area contributed by atoms with Crippen LogP contribution in [0.2, 0.25) is 15.1 Å². The molecule has 3 rings (SSSR count). The van der Waals surface area contributed by atoms with Gasteiger partial charge >= 0.3 is 0 Å². The van der Waals surface area contributed by atoms with Gasteiger partial charge in [-0.1, -0.05) is 64.6 Å². The topological polar surface area (TPSA) is 30.5 Å². The number of benzene rings is 3. The molecule has 6 heteroatoms. The van der Waals surface area contributed by atoms with E-state index in [2.05, 4.69) is 24.4 Å². The van der Waals surface area contributed by atoms with E-state index in [0.717, 1.165) is 16.8 Å². The van der Waals surface area contributed by atoms with E-state index in [1.54, 1.807) is 18.2 Å². The van der Waals surface area contributed by atoms with Crippen LogP contribution in [0.25, 0.3) is 0 Å². The van der Waals surface area contributed by atoms with Gasteiger partial charge in [-0.2, -0.15) is 0 Å². The van der Waals surface area contributed by atoms with Gasteiger partial charge in [0, 0.05) is 23.3 Å². The van der Waals surface area contributed by atoms with Crippen molar-refractivity contribution < 1.29 is 9.47 Å². The van der Waals surface area contributed by atoms with Crippen molar-refractivity contribution in [1.29, 1.82) is 0 Å². The van der Waals surface area contributed by atoms with Gasteiger partial charge in [0.15, 0.2) is 11.5 Å². The summed E-state index contributed by atoms with van der Waals surface area (Å²) in [5, 5.41) is 4.91. The summed E-state index contributed by atoms with van der Waals surface area (Å²) < 4.78 is 11.8. The first-order chi connectivity index (χ1) is 14.0. The van der Waals surface area contributed by atoms with Crippen LogP contribution < -0.4 is 14.8 Å². The van der Waals surface area contributed by atoms with Crippen LogP contribution in [0.3, 0.4) is 0 Å². The van der Waals surface area contributed by atoms with E-state index in [1.807, 2.05) is 31.2 Å². The molecular formula is C23H22Cl3NO2. The van der Waals surface area contributed by atoms with Crippen molar-refractivity contribution in [1.82, 2.24) is 0 Å². The Morgan fingerprint density at radius 3 is 2.34 bits per heavy atom. The predicted octanol–water partition coefficient (Wildman–Crippen LogP) is 7.55. The summed E-state index contributed by atoms with van der Waals surface area (Å²) in [6, 6.07) is 17.3. The number of ether oxygens (including phenoxy) is 2. The second-order valence-corrected chi connectivity index (χ2v) is 7.81. The SMILES string of the molecule is CCOc1cc(CNc2ccc(Cl)c(Cl)c2)c(Cl)cc1OCc1cccc(C)c1. The third-order valence-corrected chi connectivity index (χ3v) is 5.38. The minimum absolute atomic E-state index is 0.443. The zero-order valence-corrected chi connectivity index (χ0v) is 18.5. The molecule has 0 bridgehead atoms. The summed E-state index contributed by atoms with van der Waals surface area (Å²) in [6.45, 7) is 5.48. The molecule has 0 atom stereocenters. The van der Waals surface area contributed by atoms with Gasteiger partial charge in [0.25, 0.3) is 0 Å². The molecule has 0 spiro atoms. The van der Waals surface area contributed by atoms with Crippen LogP contribution in [0.15, 0.2) is 54.6 Å². The quantitative estimate of drug-likeness (QED) is 0.384. The zero-order valence-electron chi connectivity index (χ0n) is 16.3. The molecule has 0 saturated carbocycles. The van der Waals surface area contributed by atoms with E-state index < -0.39 is 0 Å². The Morgan fingerprint density at radius 1 is 0.828 bits per heavy atom. The molecule has 0 aliphatic heterocycles. The number of aryl methyl sites for hydroxylation is 1. The first kappa shape index (κ1) is 21.6. The molecule has 3 aromatic carbocycles. The lowest BCUT2D eigenvalue weighted by atomic mass is 10.1. The molecule has 0 amide bonds. The van der Waals surface area contributed by atoms with Crippen LogP contribution in [0.1, 0.15) is 23.6 Å². The van der Waals surface area contributed by atoms with Crippen LogP contribution in [0.5, 0.6) is 11.5 Å². The smallest absolute Gasteiger partial charge is 0.163 e. The van der Waals surface area contributed by atoms with Gasteiger partial charge < -0.3 is 14.8 Å². The predicted molar refractivity (Wildman–Crippen MR) is 122 cm³/mol. The summed E-state index contributed by atoms with van der Waals surface area (Å²) in [4.78, 5) is 0. The van der Waals surface area contributed by atoms with E-state index in [-0.39, 0.29) is 0 Å². The maximum absolute atomic E-state index is 6.51. The maximum atomic E-state index is 6.51. The van der Waals surface area contributed by atoms with Crippen molar-refractivity contribution in [3.8, 4) is 11.5 Å². The molecule has 0 aliphatic carbocycles. The van der Waals surface area contributed by atoms with Crippen molar-refractivity contribution in [2.45, 2.75) is 27.0 Å². The van der Waals surface area contributed by atoms with Gasteiger partial charge in [0.05, 0.1) is 16.7 Å². The lowest BCUT2D eigenvalue weighted by molar-refractivity contribution is 0.269. The minimum Gasteiger partial charge on any atom is -0.490 e. The number of halogens is 3. The molecule has 3 aromatic rings. The molecule has 0 aliphatic rings. The summed E-state index contributed by atoms with van der Waals surface area (Å²) in [5.74, 6) is 1.28. The fourth-order valence-corrected chi connectivity index (χ4v) is 3.38. The fraction of sp³-hybridized carbons (Fsp3) is 0.217. The maximum Gasteiger partial charge on any atom is 0.163 e. The van der Waals surface area contributed by atoms with E-state index in [0.29, 0.717) is 46.3 Å². The Labute approximate surface area is 186 Å². The molecule has 152 valence electrons. The van der Waals surface area contributed by atoms with Gasteiger partial charge in [-0.05, 0) is 49.2 Å². The molecule has 0 saturated heterocycles. The Kier molecular flexibility index (Phi) is 7.54. The molecule has 0 fully saturated rings. The third-order valence-electron chi connectivity index (χ3n) is 4.29. The number of nitrogens with one attached hydrogen (secondary N) is 1.